The second-order valence-electron chi connectivity index (χ2n) is 12.6. The number of halogens is 1. The molecule has 5 N–H and O–H groups in total. The van der Waals surface area contributed by atoms with E-state index in [0.717, 1.165) is 50.0 Å². The van der Waals surface area contributed by atoms with Gasteiger partial charge in [0.2, 0.25) is 0 Å². The summed E-state index contributed by atoms with van der Waals surface area (Å²) in [5, 5.41) is 23.1. The van der Waals surface area contributed by atoms with Crippen molar-refractivity contribution in [3.05, 3.63) is 65.6 Å². The van der Waals surface area contributed by atoms with Crippen LogP contribution < -0.4 is 11.5 Å². The number of nitrogen functional groups attached to an aromatic ring is 2. The number of nitrogens with zero attached hydrogens (tertiary/aromatic N) is 4. The number of benzene rings is 1. The molecule has 6 unspecified atom stereocenters. The fraction of sp³-hybridized carbons (Fsp3) is 0.455. The minimum atomic E-state index is -0.909. The molecule has 3 saturated carbocycles. The highest BCUT2D eigenvalue weighted by Crippen LogP contribution is 2.67. The van der Waals surface area contributed by atoms with E-state index >= 15 is 0 Å². The number of rotatable bonds is 2. The van der Waals surface area contributed by atoms with Crippen molar-refractivity contribution >= 4 is 41.5 Å². The zero-order chi connectivity index (χ0) is 28.8. The van der Waals surface area contributed by atoms with Crippen molar-refractivity contribution < 1.29 is 9.63 Å². The van der Waals surface area contributed by atoms with Crippen molar-refractivity contribution in [2.45, 2.75) is 64.4 Å². The number of allylic oxidation sites excluding steroid dienone is 1. The van der Waals surface area contributed by atoms with E-state index in [2.05, 4.69) is 46.2 Å². The Labute approximate surface area is 253 Å². The van der Waals surface area contributed by atoms with Crippen LogP contribution in [0.3, 0.4) is 0 Å². The number of fused-ring (bicyclic) bond motifs is 6. The van der Waals surface area contributed by atoms with Crippen LogP contribution in [0.4, 0.5) is 23.0 Å². The lowest BCUT2D eigenvalue weighted by molar-refractivity contribution is -0.0975. The van der Waals surface area contributed by atoms with E-state index in [1.807, 2.05) is 36.5 Å². The van der Waals surface area contributed by atoms with Crippen molar-refractivity contribution in [1.82, 2.24) is 10.1 Å². The van der Waals surface area contributed by atoms with Gasteiger partial charge >= 0.3 is 0 Å². The molecule has 0 aliphatic heterocycles. The molecule has 0 bridgehead atoms. The van der Waals surface area contributed by atoms with Gasteiger partial charge in [-0.25, -0.2) is 4.98 Å². The van der Waals surface area contributed by atoms with Crippen LogP contribution in [0.15, 0.2) is 69.0 Å². The fourth-order valence-corrected chi connectivity index (χ4v) is 8.31. The van der Waals surface area contributed by atoms with E-state index in [9.17, 15) is 5.11 Å². The molecule has 0 saturated heterocycles. The van der Waals surface area contributed by atoms with E-state index in [0.29, 0.717) is 29.3 Å². The first-order chi connectivity index (χ1) is 19.7. The summed E-state index contributed by atoms with van der Waals surface area (Å²) in [7, 11) is 0. The predicted molar refractivity (Wildman–Crippen MR) is 167 cm³/mol. The second-order valence-corrected chi connectivity index (χ2v) is 12.6. The van der Waals surface area contributed by atoms with E-state index in [1.54, 1.807) is 17.7 Å². The van der Waals surface area contributed by atoms with Crippen LogP contribution >= 0.6 is 12.4 Å². The summed E-state index contributed by atoms with van der Waals surface area (Å²) in [6.45, 7) is 4.71. The second kappa shape index (κ2) is 11.2. The number of aromatic nitrogens is 2. The first kappa shape index (κ1) is 29.8. The third kappa shape index (κ3) is 4.89. The molecule has 4 aliphatic rings. The molecule has 4 aliphatic carbocycles. The lowest BCUT2D eigenvalue weighted by atomic mass is 9.46. The minimum absolute atomic E-state index is 0. The zero-order valence-electron chi connectivity index (χ0n) is 24.2. The van der Waals surface area contributed by atoms with Gasteiger partial charge in [-0.1, -0.05) is 48.7 Å². The highest BCUT2D eigenvalue weighted by Gasteiger charge is 2.63. The third-order valence-electron chi connectivity index (χ3n) is 10.6. The summed E-state index contributed by atoms with van der Waals surface area (Å²) in [5.41, 5.74) is 14.4. The summed E-state index contributed by atoms with van der Waals surface area (Å²) in [6, 6.07) is 12.7. The molecule has 220 valence electrons. The van der Waals surface area contributed by atoms with Gasteiger partial charge in [0.1, 0.15) is 17.1 Å². The number of azo groups is 1. The van der Waals surface area contributed by atoms with Gasteiger partial charge in [-0.3, -0.25) is 0 Å². The van der Waals surface area contributed by atoms with Crippen LogP contribution in [-0.2, 0) is 6.42 Å². The smallest absolute Gasteiger partial charge is 0.162 e. The highest BCUT2D eigenvalue weighted by molar-refractivity contribution is 5.85. The summed E-state index contributed by atoms with van der Waals surface area (Å²) in [6.07, 6.45) is 17.4. The zero-order valence-corrected chi connectivity index (χ0v) is 25.0. The summed E-state index contributed by atoms with van der Waals surface area (Å²) < 4.78 is 5.43. The highest BCUT2D eigenvalue weighted by atomic mass is 35.5. The van der Waals surface area contributed by atoms with Crippen LogP contribution in [0.2, 0.25) is 0 Å². The molecule has 3 aromatic rings. The van der Waals surface area contributed by atoms with Crippen molar-refractivity contribution in [2.24, 2.45) is 38.8 Å². The number of anilines is 2. The number of hydrogen-bond donors (Lipinski definition) is 3. The average molecular weight is 587 g/mol. The maximum atomic E-state index is 11.1. The molecule has 1 aromatic carbocycles. The van der Waals surface area contributed by atoms with Gasteiger partial charge in [-0.05, 0) is 98.5 Å². The molecule has 3 fully saturated rings. The van der Waals surface area contributed by atoms with E-state index < -0.39 is 5.60 Å². The van der Waals surface area contributed by atoms with Crippen LogP contribution in [0.5, 0.6) is 0 Å². The Kier molecular flexibility index (Phi) is 7.95. The molecule has 2 aromatic heterocycles. The first-order valence-corrected chi connectivity index (χ1v) is 14.5. The van der Waals surface area contributed by atoms with Crippen LogP contribution in [0.25, 0.3) is 6.08 Å². The van der Waals surface area contributed by atoms with Gasteiger partial charge in [0, 0.05) is 11.0 Å². The van der Waals surface area contributed by atoms with E-state index in [1.165, 1.54) is 12.0 Å². The Hall–Kier alpha value is -3.67. The van der Waals surface area contributed by atoms with Crippen molar-refractivity contribution in [3.8, 4) is 12.3 Å². The lowest BCUT2D eigenvalue weighted by Crippen LogP contribution is -2.54. The number of aliphatic hydroxyl groups is 1. The van der Waals surface area contributed by atoms with Gasteiger partial charge in [0.15, 0.2) is 11.6 Å². The summed E-state index contributed by atoms with van der Waals surface area (Å²) >= 11 is 0. The molecular weight excluding hydrogens is 548 g/mol. The van der Waals surface area contributed by atoms with Gasteiger partial charge in [0.25, 0.3) is 0 Å². The molecule has 0 radical (unpaired) electrons. The van der Waals surface area contributed by atoms with Crippen LogP contribution in [0.1, 0.15) is 63.7 Å². The van der Waals surface area contributed by atoms with Gasteiger partial charge in [-0.2, -0.15) is 5.11 Å². The first-order valence-electron chi connectivity index (χ1n) is 14.5. The largest absolute Gasteiger partial charge is 0.384 e. The molecule has 42 heavy (non-hydrogen) atoms. The quantitative estimate of drug-likeness (QED) is 0.213. The molecule has 0 spiro atoms. The minimum Gasteiger partial charge on any atom is -0.384 e. The third-order valence-corrected chi connectivity index (χ3v) is 10.6. The molecule has 7 rings (SSSR count). The molecule has 0 amide bonds. The number of pyridine rings is 1. The Balaban J connectivity index is 0.000000181. The summed E-state index contributed by atoms with van der Waals surface area (Å²) in [5.74, 6) is 6.29. The monoisotopic (exact) mass is 586 g/mol. The topological polar surface area (TPSA) is 136 Å². The lowest BCUT2D eigenvalue weighted by Gasteiger charge is -2.58. The van der Waals surface area contributed by atoms with Gasteiger partial charge in [-0.15, -0.1) is 23.9 Å². The number of hydrogen-bond acceptors (Lipinski definition) is 8. The molecular formula is C33H39ClN6O2. The average Bonchev–Trinajstić information content (AvgIpc) is 3.53. The predicted octanol–water partition coefficient (Wildman–Crippen LogP) is 7.30. The van der Waals surface area contributed by atoms with Crippen LogP contribution in [0, 0.1) is 40.9 Å². The van der Waals surface area contributed by atoms with Gasteiger partial charge < -0.3 is 21.1 Å². The molecule has 2 heterocycles. The summed E-state index contributed by atoms with van der Waals surface area (Å²) in [4.78, 5) is 3.89. The van der Waals surface area contributed by atoms with Gasteiger partial charge in [0.05, 0.1) is 11.9 Å². The molecule has 8 nitrogen and oxygen atoms in total. The Morgan fingerprint density at radius 2 is 1.79 bits per heavy atom. The maximum Gasteiger partial charge on any atom is 0.162 e. The van der Waals surface area contributed by atoms with E-state index in [-0.39, 0.29) is 29.1 Å². The SMILES string of the molecule is C#CC1(O)CCC2C3CCC4=Cc5oncc5CC4(C)C3CCC21C.Cl.Nc1ccc(N=Nc2ccccc2)c(N)n1. The number of nitrogens with two attached hydrogens (primary N) is 2. The maximum absolute atomic E-state index is 11.1. The fourth-order valence-electron chi connectivity index (χ4n) is 8.31. The Bertz CT molecular complexity index is 1550. The molecule has 9 heteroatoms. The standard InChI is InChI=1S/C22H27NO2.C11H11N5.ClH/c1-4-22(24)10-8-18-16-6-5-15-11-19-14(13-23-25-19)12-20(15,2)17(16)7-9-21(18,22)3;12-10-7-6-9(11(13)14-10)16-15-8-4-2-1-3-5-8;/h1,11,13,16-18,24H,5-10,12H2,2-3H3;1-7H,(H4,12,13,14);1H. The molecule has 6 atom stereocenters. The number of terminal acetylenes is 1. The van der Waals surface area contributed by atoms with Crippen molar-refractivity contribution in [1.29, 1.82) is 0 Å². The van der Waals surface area contributed by atoms with Crippen molar-refractivity contribution in [3.63, 3.8) is 0 Å². The normalized spacial score (nSPS) is 32.5. The van der Waals surface area contributed by atoms with Crippen molar-refractivity contribution in [2.75, 3.05) is 11.5 Å². The van der Waals surface area contributed by atoms with Crippen LogP contribution in [-0.4, -0.2) is 20.8 Å². The van der Waals surface area contributed by atoms with E-state index in [4.69, 9.17) is 22.4 Å². The Morgan fingerprint density at radius 1 is 1.02 bits per heavy atom. The Morgan fingerprint density at radius 3 is 2.52 bits per heavy atom.